The van der Waals surface area contributed by atoms with Crippen LogP contribution < -0.4 is 0 Å². The highest BCUT2D eigenvalue weighted by atomic mass is 32.4. The Kier molecular flexibility index (Phi) is 8.45. The molecule has 0 amide bonds. The van der Waals surface area contributed by atoms with Gasteiger partial charge in [0.2, 0.25) is 0 Å². The van der Waals surface area contributed by atoms with Crippen molar-refractivity contribution in [3.8, 4) is 0 Å². The molecule has 13 heteroatoms. The van der Waals surface area contributed by atoms with Crippen LogP contribution in [0.25, 0.3) is 0 Å². The van der Waals surface area contributed by atoms with Crippen molar-refractivity contribution in [2.75, 3.05) is 7.11 Å². The van der Waals surface area contributed by atoms with E-state index in [0.29, 0.717) is 0 Å². The number of carbonyl (C=O) groups excluding carboxylic acids is 2. The highest BCUT2D eigenvalue weighted by Gasteiger charge is 2.74. The Bertz CT molecular complexity index is 1590. The number of rotatable bonds is 7. The Hall–Kier alpha value is -3.39. The van der Waals surface area contributed by atoms with Crippen molar-refractivity contribution in [3.63, 3.8) is 0 Å². The zero-order valence-electron chi connectivity index (χ0n) is 24.8. The second-order valence-corrected chi connectivity index (χ2v) is 18.2. The maximum absolute atomic E-state index is 15.2. The molecule has 0 radical (unpaired) electrons. The highest BCUT2D eigenvalue weighted by Crippen LogP contribution is 3.05. The summed E-state index contributed by atoms with van der Waals surface area (Å²) in [5, 5.41) is -1.61. The average Bonchev–Trinajstić information content (AvgIpc) is 2.91. The predicted molar refractivity (Wildman–Crippen MR) is 156 cm³/mol. The molecule has 0 aliphatic rings. The summed E-state index contributed by atoms with van der Waals surface area (Å²) in [6.07, 6.45) is 0. The molecular weight excluding hydrogens is 609 g/mol. The van der Waals surface area contributed by atoms with Gasteiger partial charge >= 0.3 is 26.9 Å². The molecule has 0 atom stereocenters. The minimum absolute atomic E-state index is 0.450. The molecule has 3 aromatic carbocycles. The lowest BCUT2D eigenvalue weighted by molar-refractivity contribution is -0.0504. The van der Waals surface area contributed by atoms with Crippen molar-refractivity contribution >= 4 is 30.2 Å². The fourth-order valence-corrected chi connectivity index (χ4v) is 13.2. The third-order valence-electron chi connectivity index (χ3n) is 6.31. The molecule has 3 aromatic rings. The SMILES string of the molecule is COS(OS(=O)(=O)C(F)(F)F)(C(=O)OC(C)(C)C)(c1ccccc1)(c1ccccc1)c1ccccc1C(=O)OC(C)(C)C. The first-order valence-corrected chi connectivity index (χ1v) is 16.7. The summed E-state index contributed by atoms with van der Waals surface area (Å²) in [5.41, 5.74) is -9.08. The molecule has 0 fully saturated rings. The summed E-state index contributed by atoms with van der Waals surface area (Å²) in [5.74, 6) is -1.09. The van der Waals surface area contributed by atoms with Crippen LogP contribution in [0.2, 0.25) is 0 Å². The summed E-state index contributed by atoms with van der Waals surface area (Å²) in [6, 6.07) is 18.2. The van der Waals surface area contributed by atoms with Crippen LogP contribution in [0.5, 0.6) is 0 Å². The van der Waals surface area contributed by atoms with Gasteiger partial charge in [-0.05, 0) is 77.9 Å². The van der Waals surface area contributed by atoms with Crippen molar-refractivity contribution in [2.24, 2.45) is 0 Å². The first-order valence-electron chi connectivity index (χ1n) is 13.0. The summed E-state index contributed by atoms with van der Waals surface area (Å²) < 4.78 is 93.4. The lowest BCUT2D eigenvalue weighted by atomic mass is 10.1. The smallest absolute Gasteiger partial charge is 0.456 e. The lowest BCUT2D eigenvalue weighted by Crippen LogP contribution is -2.53. The number of halogens is 3. The van der Waals surface area contributed by atoms with Crippen LogP contribution in [-0.2, 0) is 27.4 Å². The zero-order valence-corrected chi connectivity index (χ0v) is 26.4. The normalized spacial score (nSPS) is 14.7. The van der Waals surface area contributed by atoms with Crippen LogP contribution in [0, 0.1) is 0 Å². The van der Waals surface area contributed by atoms with Gasteiger partial charge in [0.25, 0.3) is 0 Å². The molecule has 3 rings (SSSR count). The lowest BCUT2D eigenvalue weighted by Gasteiger charge is -2.79. The second-order valence-electron chi connectivity index (χ2n) is 11.6. The Morgan fingerprint density at radius 2 is 1.09 bits per heavy atom. The summed E-state index contributed by atoms with van der Waals surface area (Å²) in [7, 11) is -13.0. The molecule has 236 valence electrons. The fourth-order valence-electron chi connectivity index (χ4n) is 4.65. The molecule has 0 unspecified atom stereocenters. The van der Waals surface area contributed by atoms with Gasteiger partial charge in [-0.1, -0.05) is 48.5 Å². The highest BCUT2D eigenvalue weighted by molar-refractivity contribution is 8.69. The monoisotopic (exact) mass is 644 g/mol. The minimum atomic E-state index is -7.16. The first-order chi connectivity index (χ1) is 19.6. The summed E-state index contributed by atoms with van der Waals surface area (Å²) in [6.45, 7) is 8.99. The van der Waals surface area contributed by atoms with Crippen LogP contribution in [0.4, 0.5) is 18.0 Å². The Morgan fingerprint density at radius 3 is 1.49 bits per heavy atom. The quantitative estimate of drug-likeness (QED) is 0.187. The van der Waals surface area contributed by atoms with Gasteiger partial charge < -0.3 is 9.47 Å². The predicted octanol–water partition coefficient (Wildman–Crippen LogP) is 8.27. The van der Waals surface area contributed by atoms with Crippen LogP contribution in [0.1, 0.15) is 51.9 Å². The average molecular weight is 645 g/mol. The number of alkyl halides is 3. The number of hydrogen-bond donors (Lipinski definition) is 0. The van der Waals surface area contributed by atoms with E-state index in [0.717, 1.165) is 13.2 Å². The van der Waals surface area contributed by atoms with E-state index in [4.69, 9.17) is 17.3 Å². The van der Waals surface area contributed by atoms with Gasteiger partial charge in [0.15, 0.2) is 0 Å². The summed E-state index contributed by atoms with van der Waals surface area (Å²) in [4.78, 5) is 27.5. The van der Waals surface area contributed by atoms with Gasteiger partial charge in [-0.3, -0.25) is 4.18 Å². The minimum Gasteiger partial charge on any atom is -0.456 e. The van der Waals surface area contributed by atoms with Gasteiger partial charge in [-0.2, -0.15) is 25.2 Å². The second kappa shape index (κ2) is 10.7. The molecule has 8 nitrogen and oxygen atoms in total. The molecule has 43 heavy (non-hydrogen) atoms. The van der Waals surface area contributed by atoms with Gasteiger partial charge in [0, 0.05) is 9.79 Å². The Labute approximate surface area is 248 Å². The third kappa shape index (κ3) is 5.22. The standard InChI is InChI=1S/C30H35F3O8S2/c1-28(2,3)39-26(34)24-20-14-15-21-25(24)43(38-7,22-16-10-8-11-17-22,23-18-12-9-13-19-23,27(35)40-29(4,5)6)41-42(36,37)30(31,32)33/h8-21H,1-7H3. The number of carbonyl (C=O) groups is 2. The van der Waals surface area contributed by atoms with E-state index in [9.17, 15) is 26.4 Å². The van der Waals surface area contributed by atoms with E-state index in [1.54, 1.807) is 20.8 Å². The van der Waals surface area contributed by atoms with Crippen molar-refractivity contribution in [2.45, 2.75) is 72.9 Å². The van der Waals surface area contributed by atoms with Crippen molar-refractivity contribution in [3.05, 3.63) is 90.5 Å². The van der Waals surface area contributed by atoms with Gasteiger partial charge in [0.1, 0.15) is 11.2 Å². The van der Waals surface area contributed by atoms with E-state index in [1.807, 2.05) is 0 Å². The van der Waals surface area contributed by atoms with E-state index in [2.05, 4.69) is 0 Å². The van der Waals surface area contributed by atoms with Gasteiger partial charge in [0.05, 0.1) is 17.6 Å². The number of esters is 1. The molecule has 0 saturated carbocycles. The third-order valence-corrected chi connectivity index (χ3v) is 14.7. The Morgan fingerprint density at radius 1 is 0.674 bits per heavy atom. The van der Waals surface area contributed by atoms with Crippen molar-refractivity contribution in [1.29, 1.82) is 0 Å². The number of hydrogen-bond acceptors (Lipinski definition) is 8. The Balaban J connectivity index is 2.92. The molecule has 0 aromatic heterocycles. The maximum atomic E-state index is 15.2. The topological polar surface area (TPSA) is 105 Å². The van der Waals surface area contributed by atoms with Gasteiger partial charge in [-0.15, -0.1) is 8.86 Å². The molecule has 0 saturated heterocycles. The van der Waals surface area contributed by atoms with Gasteiger partial charge in [-0.25, -0.2) is 9.59 Å². The van der Waals surface area contributed by atoms with E-state index < -0.39 is 67.2 Å². The molecule has 0 N–H and O–H groups in total. The van der Waals surface area contributed by atoms with Crippen molar-refractivity contribution < 1.29 is 48.5 Å². The fraction of sp³-hybridized carbons (Fsp3) is 0.333. The van der Waals surface area contributed by atoms with Crippen molar-refractivity contribution in [1.82, 2.24) is 0 Å². The van der Waals surface area contributed by atoms with Crippen LogP contribution in [0.15, 0.2) is 99.6 Å². The molecular formula is C30H35F3O8S2. The van der Waals surface area contributed by atoms with E-state index in [-0.39, 0.29) is 0 Å². The maximum Gasteiger partial charge on any atom is 0.524 e. The molecule has 0 aliphatic carbocycles. The van der Waals surface area contributed by atoms with Crippen LogP contribution in [0.3, 0.4) is 0 Å². The van der Waals surface area contributed by atoms with Crippen LogP contribution in [-0.4, -0.2) is 43.5 Å². The first kappa shape index (κ1) is 34.1. The van der Waals surface area contributed by atoms with E-state index in [1.165, 1.54) is 99.6 Å². The summed E-state index contributed by atoms with van der Waals surface area (Å²) >= 11 is 0. The largest absolute Gasteiger partial charge is 0.524 e. The van der Waals surface area contributed by atoms with E-state index >= 15 is 4.79 Å². The number of benzene rings is 3. The van der Waals surface area contributed by atoms with Crippen LogP contribution >= 0.6 is 8.86 Å². The molecule has 0 heterocycles. The molecule has 0 spiro atoms. The zero-order chi connectivity index (χ0) is 32.6. The molecule has 0 aliphatic heterocycles. The number of ether oxygens (including phenoxy) is 2. The molecule has 0 bridgehead atoms.